The topological polar surface area (TPSA) is 42.6 Å². The summed E-state index contributed by atoms with van der Waals surface area (Å²) in [6, 6.07) is 151. The van der Waals surface area contributed by atoms with Crippen molar-refractivity contribution in [3.63, 3.8) is 0 Å². The molecule has 0 spiro atoms. The predicted molar refractivity (Wildman–Crippen MR) is 461 cm³/mol. The maximum atomic E-state index is 6.22. The van der Waals surface area contributed by atoms with Gasteiger partial charge in [0, 0.05) is 88.9 Å². The fourth-order valence-electron chi connectivity index (χ4n) is 15.9. The number of anilines is 6. The highest BCUT2D eigenvalue weighted by Crippen LogP contribution is 2.44. The second kappa shape index (κ2) is 28.0. The van der Waals surface area contributed by atoms with E-state index in [9.17, 15) is 0 Å². The summed E-state index contributed by atoms with van der Waals surface area (Å²) in [7, 11) is 0. The Hall–Kier alpha value is -14.7. The van der Waals surface area contributed by atoms with Crippen LogP contribution in [0.25, 0.3) is 155 Å². The zero-order chi connectivity index (χ0) is 72.9. The van der Waals surface area contributed by atoms with Crippen molar-refractivity contribution < 1.29 is 8.83 Å². The summed E-state index contributed by atoms with van der Waals surface area (Å²) in [4.78, 5) is 4.64. The Labute approximate surface area is 637 Å². The number of aromatic nitrogens is 2. The first kappa shape index (κ1) is 64.8. The van der Waals surface area contributed by atoms with Gasteiger partial charge in [-0.2, -0.15) is 0 Å². The van der Waals surface area contributed by atoms with Crippen molar-refractivity contribution in [2.24, 2.45) is 0 Å². The first-order valence-corrected chi connectivity index (χ1v) is 37.4. The highest BCUT2D eigenvalue weighted by Gasteiger charge is 2.21. The monoisotopic (exact) mass is 1410 g/mol. The molecule has 0 saturated carbocycles. The van der Waals surface area contributed by atoms with Crippen LogP contribution in [0.15, 0.2) is 433 Å². The van der Waals surface area contributed by atoms with E-state index in [1.54, 1.807) is 0 Å². The molecule has 0 amide bonds. The molecular formula is C104H70N4O2. The van der Waals surface area contributed by atoms with E-state index >= 15 is 0 Å². The molecule has 0 bridgehead atoms. The second-order valence-electron chi connectivity index (χ2n) is 28.0. The molecule has 17 aromatic carbocycles. The van der Waals surface area contributed by atoms with Crippen molar-refractivity contribution in [1.29, 1.82) is 0 Å². The van der Waals surface area contributed by atoms with Gasteiger partial charge in [0.1, 0.15) is 22.7 Å². The number of fused-ring (bicyclic) bond motifs is 9. The first-order valence-electron chi connectivity index (χ1n) is 37.4. The number of benzene rings is 17. The molecule has 6 nitrogen and oxygen atoms in total. The number of furan rings is 2. The molecule has 4 aromatic heterocycles. The molecule has 110 heavy (non-hydrogen) atoms. The molecule has 4 heterocycles. The van der Waals surface area contributed by atoms with E-state index in [2.05, 4.69) is 407 Å². The van der Waals surface area contributed by atoms with Crippen LogP contribution in [-0.2, 0) is 0 Å². The quantitative estimate of drug-likeness (QED) is 0.109. The van der Waals surface area contributed by atoms with Crippen LogP contribution in [0.2, 0.25) is 0 Å². The second-order valence-corrected chi connectivity index (χ2v) is 28.0. The van der Waals surface area contributed by atoms with Crippen LogP contribution in [0.3, 0.4) is 0 Å². The molecule has 0 atom stereocenters. The van der Waals surface area contributed by atoms with Crippen LogP contribution in [-0.4, -0.2) is 9.13 Å². The van der Waals surface area contributed by atoms with Gasteiger partial charge in [0.25, 0.3) is 0 Å². The number of hydrogen-bond acceptors (Lipinski definition) is 4. The molecular weight excluding hydrogens is 1340 g/mol. The van der Waals surface area contributed by atoms with E-state index in [1.807, 2.05) is 36.4 Å². The molecule has 0 saturated heterocycles. The van der Waals surface area contributed by atoms with Crippen LogP contribution in [0, 0.1) is 0 Å². The molecule has 6 heteroatoms. The van der Waals surface area contributed by atoms with Crippen molar-refractivity contribution in [2.45, 2.75) is 0 Å². The molecule has 0 N–H and O–H groups in total. The van der Waals surface area contributed by atoms with E-state index in [1.165, 1.54) is 105 Å². The maximum Gasteiger partial charge on any atom is 0.135 e. The molecule has 0 aliphatic rings. The average molecular weight is 1410 g/mol. The number of hydrogen-bond donors (Lipinski definition) is 0. The van der Waals surface area contributed by atoms with E-state index in [-0.39, 0.29) is 0 Å². The molecule has 21 aromatic rings. The molecule has 0 unspecified atom stereocenters. The van der Waals surface area contributed by atoms with Crippen molar-refractivity contribution in [3.05, 3.63) is 425 Å². The lowest BCUT2D eigenvalue weighted by Crippen LogP contribution is -2.09. The van der Waals surface area contributed by atoms with Crippen LogP contribution < -0.4 is 9.80 Å². The van der Waals surface area contributed by atoms with E-state index in [0.29, 0.717) is 0 Å². The largest absolute Gasteiger partial charge is 0.456 e. The summed E-state index contributed by atoms with van der Waals surface area (Å²) in [6.45, 7) is 0. The van der Waals surface area contributed by atoms with Crippen molar-refractivity contribution in [2.75, 3.05) is 9.80 Å². The summed E-state index contributed by atoms with van der Waals surface area (Å²) in [5.74, 6) is 1.73. The van der Waals surface area contributed by atoms with Gasteiger partial charge in [0.15, 0.2) is 0 Å². The third-order valence-electron chi connectivity index (χ3n) is 21.4. The Morgan fingerprint density at radius 2 is 0.455 bits per heavy atom. The minimum absolute atomic E-state index is 0.863. The van der Waals surface area contributed by atoms with Crippen molar-refractivity contribution in [3.8, 4) is 78.5 Å². The molecule has 0 radical (unpaired) electrons. The number of rotatable bonds is 14. The van der Waals surface area contributed by atoms with Gasteiger partial charge in [-0.05, 0) is 243 Å². The van der Waals surface area contributed by atoms with Gasteiger partial charge in [0.05, 0.1) is 22.1 Å². The van der Waals surface area contributed by atoms with Crippen LogP contribution in [0.5, 0.6) is 0 Å². The van der Waals surface area contributed by atoms with Gasteiger partial charge >= 0.3 is 0 Å². The molecule has 0 aliphatic heterocycles. The molecule has 21 rings (SSSR count). The first-order chi connectivity index (χ1) is 54.5. The van der Waals surface area contributed by atoms with Crippen LogP contribution >= 0.6 is 0 Å². The van der Waals surface area contributed by atoms with Crippen LogP contribution in [0.1, 0.15) is 0 Å². The van der Waals surface area contributed by atoms with Crippen molar-refractivity contribution >= 4 is 110 Å². The summed E-state index contributed by atoms with van der Waals surface area (Å²) < 4.78 is 17.1. The standard InChI is InChI=1S/C54H36N2O.C50H34N2O/c1-2-13-45(14-3-1)56-51-16-8-7-15-49(51)50-35-43(26-33-52(50)56)39-22-29-47(30-23-39)55(48-31-24-40(25-32-48)54-36-44-12-6-9-17-53(44)57-54)46-27-20-38(21-28-46)42-19-18-37-10-4-5-11-41(37)34-42;1-3-11-35(12-4-1)36-19-26-42(27-20-36)51(44-30-23-38(24-31-44)50-34-40-13-7-10-18-49(40)53-50)43-28-21-37(22-29-43)39-25-32-48-46(33-39)45-16-8-9-17-47(45)52(48)41-14-5-2-6-15-41/h1-36H;1-34H. The van der Waals surface area contributed by atoms with Gasteiger partial charge in [0.2, 0.25) is 0 Å². The Morgan fingerprint density at radius 1 is 0.173 bits per heavy atom. The maximum absolute atomic E-state index is 6.22. The minimum Gasteiger partial charge on any atom is -0.456 e. The Bertz CT molecular complexity index is 6830. The van der Waals surface area contributed by atoms with E-state index < -0.39 is 0 Å². The van der Waals surface area contributed by atoms with Gasteiger partial charge in [-0.1, -0.05) is 237 Å². The Kier molecular flexibility index (Phi) is 16.5. The van der Waals surface area contributed by atoms with Gasteiger partial charge < -0.3 is 27.8 Å². The lowest BCUT2D eigenvalue weighted by molar-refractivity contribution is 0.631. The summed E-state index contributed by atoms with van der Waals surface area (Å²) in [5, 5.41) is 9.69. The number of para-hydroxylation sites is 6. The predicted octanol–water partition coefficient (Wildman–Crippen LogP) is 29.2. The zero-order valence-corrected chi connectivity index (χ0v) is 60.0. The molecule has 0 fully saturated rings. The fourth-order valence-corrected chi connectivity index (χ4v) is 15.9. The third-order valence-corrected chi connectivity index (χ3v) is 21.4. The summed E-state index contributed by atoms with van der Waals surface area (Å²) in [5.41, 5.74) is 27.0. The SMILES string of the molecule is c1ccc(-c2ccc(N(c3ccc(-c4ccc5c(c4)c4ccccc4n5-c4ccccc4)cc3)c3ccc(-c4cc5ccccc5o4)cc3)cc2)cc1.c1ccc(-n2c3ccccc3c3cc(-c4ccc(N(c5ccc(-c6ccc7ccccc7c6)cc5)c5ccc(-c6cc7ccccc7o6)cc5)cc4)ccc32)cc1. The summed E-state index contributed by atoms with van der Waals surface area (Å²) >= 11 is 0. The summed E-state index contributed by atoms with van der Waals surface area (Å²) in [6.07, 6.45) is 0. The zero-order valence-electron chi connectivity index (χ0n) is 60.0. The lowest BCUT2D eigenvalue weighted by Gasteiger charge is -2.26. The highest BCUT2D eigenvalue weighted by atomic mass is 16.3. The average Bonchev–Trinajstić information content (AvgIpc) is 1.60. The fraction of sp³-hybridized carbons (Fsp3) is 0. The van der Waals surface area contributed by atoms with Gasteiger partial charge in [-0.25, -0.2) is 0 Å². The van der Waals surface area contributed by atoms with Crippen molar-refractivity contribution in [1.82, 2.24) is 9.13 Å². The molecule has 0 aliphatic carbocycles. The Morgan fingerprint density at radius 3 is 0.855 bits per heavy atom. The Balaban J connectivity index is 0.000000144. The smallest absolute Gasteiger partial charge is 0.135 e. The molecule has 518 valence electrons. The van der Waals surface area contributed by atoms with E-state index in [4.69, 9.17) is 8.83 Å². The number of nitrogens with zero attached hydrogens (tertiary/aromatic N) is 4. The normalized spacial score (nSPS) is 11.5. The lowest BCUT2D eigenvalue weighted by atomic mass is 10.0. The third kappa shape index (κ3) is 12.2. The van der Waals surface area contributed by atoms with Gasteiger partial charge in [-0.15, -0.1) is 0 Å². The minimum atomic E-state index is 0.863. The van der Waals surface area contributed by atoms with Crippen LogP contribution in [0.4, 0.5) is 34.1 Å². The van der Waals surface area contributed by atoms with Gasteiger partial charge in [-0.3, -0.25) is 0 Å². The highest BCUT2D eigenvalue weighted by molar-refractivity contribution is 6.12. The van der Waals surface area contributed by atoms with E-state index in [0.717, 1.165) is 84.4 Å².